The van der Waals surface area contributed by atoms with Gasteiger partial charge in [-0.25, -0.2) is 14.1 Å². The van der Waals surface area contributed by atoms with Gasteiger partial charge in [0.15, 0.2) is 5.82 Å². The van der Waals surface area contributed by atoms with Gasteiger partial charge in [-0.15, -0.1) is 21.5 Å². The molecule has 0 aliphatic carbocycles. The first-order valence-electron chi connectivity index (χ1n) is 7.28. The molecule has 9 heteroatoms. The van der Waals surface area contributed by atoms with Crippen molar-refractivity contribution in [3.8, 4) is 22.2 Å². The molecule has 0 radical (unpaired) electrons. The molecule has 4 aromatic rings. The number of rotatable bonds is 5. The second-order valence-electron chi connectivity index (χ2n) is 5.10. The Bertz CT molecular complexity index is 996. The first-order valence-corrected chi connectivity index (χ1v) is 9.15. The maximum absolute atomic E-state index is 13.4. The Balaban J connectivity index is 1.49. The molecule has 6 nitrogen and oxygen atoms in total. The van der Waals surface area contributed by atoms with E-state index in [1.807, 2.05) is 17.5 Å². The van der Waals surface area contributed by atoms with Gasteiger partial charge in [0.25, 0.3) is 0 Å². The quantitative estimate of drug-likeness (QED) is 0.423. The highest BCUT2D eigenvalue weighted by Gasteiger charge is 2.14. The zero-order chi connectivity index (χ0) is 17.2. The van der Waals surface area contributed by atoms with Crippen LogP contribution in [0.2, 0.25) is 0 Å². The number of hydrogen-bond acceptors (Lipinski definition) is 7. The predicted octanol–water partition coefficient (Wildman–Crippen LogP) is 3.81. The fraction of sp³-hybridized carbons (Fsp3) is 0.0625. The lowest BCUT2D eigenvalue weighted by molar-refractivity contribution is 0.575. The molecular weight excluding hydrogens is 361 g/mol. The van der Waals surface area contributed by atoms with Crippen LogP contribution < -0.4 is 5.84 Å². The van der Waals surface area contributed by atoms with Gasteiger partial charge >= 0.3 is 0 Å². The fourth-order valence-corrected chi connectivity index (χ4v) is 3.61. The van der Waals surface area contributed by atoms with Gasteiger partial charge in [0, 0.05) is 11.3 Å². The van der Waals surface area contributed by atoms with Crippen LogP contribution in [0.4, 0.5) is 4.39 Å². The molecule has 0 saturated heterocycles. The molecule has 1 aromatic carbocycles. The van der Waals surface area contributed by atoms with Crippen molar-refractivity contribution in [1.82, 2.24) is 19.9 Å². The number of nitrogen functional groups attached to an aromatic ring is 1. The largest absolute Gasteiger partial charge is 0.444 e. The maximum atomic E-state index is 13.4. The van der Waals surface area contributed by atoms with Gasteiger partial charge in [0.1, 0.15) is 12.1 Å². The van der Waals surface area contributed by atoms with E-state index in [1.54, 1.807) is 29.7 Å². The van der Waals surface area contributed by atoms with Crippen LogP contribution in [0.1, 0.15) is 5.69 Å². The Hall–Kier alpha value is -2.65. The third-order valence-electron chi connectivity index (χ3n) is 3.38. The summed E-state index contributed by atoms with van der Waals surface area (Å²) in [5.41, 5.74) is 1.35. The van der Waals surface area contributed by atoms with Gasteiger partial charge in [0.05, 0.1) is 10.6 Å². The highest BCUT2D eigenvalue weighted by molar-refractivity contribution is 7.98. The van der Waals surface area contributed by atoms with Crippen LogP contribution in [0.25, 0.3) is 22.2 Å². The molecule has 0 aliphatic heterocycles. The number of hydrogen-bond donors (Lipinski definition) is 1. The van der Waals surface area contributed by atoms with Crippen molar-refractivity contribution in [2.45, 2.75) is 10.9 Å². The fourth-order valence-electron chi connectivity index (χ4n) is 2.23. The first kappa shape index (κ1) is 15.9. The van der Waals surface area contributed by atoms with Gasteiger partial charge in [-0.1, -0.05) is 30.0 Å². The minimum absolute atomic E-state index is 0.349. The predicted molar refractivity (Wildman–Crippen MR) is 94.9 cm³/mol. The molecule has 126 valence electrons. The molecule has 0 amide bonds. The lowest BCUT2D eigenvalue weighted by atomic mass is 10.2. The van der Waals surface area contributed by atoms with Crippen molar-refractivity contribution in [2.75, 3.05) is 5.84 Å². The number of thioether (sulfide) groups is 1. The topological polar surface area (TPSA) is 82.8 Å². The third kappa shape index (κ3) is 3.28. The number of aromatic nitrogens is 4. The van der Waals surface area contributed by atoms with Crippen LogP contribution in [0.15, 0.2) is 57.6 Å². The van der Waals surface area contributed by atoms with E-state index in [0.29, 0.717) is 28.2 Å². The summed E-state index contributed by atoms with van der Waals surface area (Å²) in [4.78, 5) is 5.43. The van der Waals surface area contributed by atoms with Crippen molar-refractivity contribution in [3.63, 3.8) is 0 Å². The van der Waals surface area contributed by atoms with E-state index in [1.165, 1.54) is 28.6 Å². The van der Waals surface area contributed by atoms with E-state index in [0.717, 1.165) is 10.6 Å². The lowest BCUT2D eigenvalue weighted by Gasteiger charge is -2.03. The Labute approximate surface area is 150 Å². The highest BCUT2D eigenvalue weighted by Crippen LogP contribution is 2.27. The highest BCUT2D eigenvalue weighted by atomic mass is 32.2. The molecule has 0 aliphatic rings. The minimum atomic E-state index is -0.349. The van der Waals surface area contributed by atoms with Crippen molar-refractivity contribution < 1.29 is 8.81 Å². The Morgan fingerprint density at radius 2 is 2.16 bits per heavy atom. The first-order chi connectivity index (χ1) is 12.2. The summed E-state index contributed by atoms with van der Waals surface area (Å²) in [5, 5.41) is 10.6. The van der Waals surface area contributed by atoms with Crippen LogP contribution in [-0.4, -0.2) is 19.9 Å². The van der Waals surface area contributed by atoms with Crippen molar-refractivity contribution in [2.24, 2.45) is 0 Å². The second kappa shape index (κ2) is 6.69. The van der Waals surface area contributed by atoms with E-state index in [-0.39, 0.29) is 5.82 Å². The molecule has 0 spiro atoms. The van der Waals surface area contributed by atoms with Gasteiger partial charge in [-0.05, 0) is 23.6 Å². The molecule has 0 unspecified atom stereocenters. The van der Waals surface area contributed by atoms with Gasteiger partial charge in [0.2, 0.25) is 11.0 Å². The molecule has 3 aromatic heterocycles. The lowest BCUT2D eigenvalue weighted by Crippen LogP contribution is -2.11. The normalized spacial score (nSPS) is 11.1. The smallest absolute Gasteiger partial charge is 0.236 e. The van der Waals surface area contributed by atoms with E-state index in [4.69, 9.17) is 10.3 Å². The number of benzene rings is 1. The van der Waals surface area contributed by atoms with Crippen LogP contribution in [0.5, 0.6) is 0 Å². The van der Waals surface area contributed by atoms with Crippen molar-refractivity contribution in [1.29, 1.82) is 0 Å². The molecular formula is C16H12FN5OS2. The van der Waals surface area contributed by atoms with Gasteiger partial charge in [-0.3, -0.25) is 0 Å². The van der Waals surface area contributed by atoms with Crippen LogP contribution in [0.3, 0.4) is 0 Å². The minimum Gasteiger partial charge on any atom is -0.444 e. The van der Waals surface area contributed by atoms with E-state index in [9.17, 15) is 4.39 Å². The summed E-state index contributed by atoms with van der Waals surface area (Å²) in [6.07, 6.45) is 1.62. The summed E-state index contributed by atoms with van der Waals surface area (Å²) in [7, 11) is 0. The van der Waals surface area contributed by atoms with Gasteiger partial charge in [-0.2, -0.15) is 0 Å². The molecule has 3 heterocycles. The standard InChI is InChI=1S/C16H12FN5OS2/c17-11-4-1-3-10(7-11)14-20-21-16(22(14)18)25-9-12-8-23-15(19-12)13-5-2-6-24-13/h1-8H,9,18H2. The molecule has 0 bridgehead atoms. The average molecular weight is 373 g/mol. The van der Waals surface area contributed by atoms with Crippen molar-refractivity contribution in [3.05, 3.63) is 59.6 Å². The number of nitrogens with two attached hydrogens (primary N) is 1. The molecule has 0 atom stereocenters. The Kier molecular flexibility index (Phi) is 4.24. The van der Waals surface area contributed by atoms with Crippen molar-refractivity contribution >= 4 is 23.1 Å². The van der Waals surface area contributed by atoms with Crippen LogP contribution in [-0.2, 0) is 5.75 Å². The average Bonchev–Trinajstić information content (AvgIpc) is 3.34. The zero-order valence-corrected chi connectivity index (χ0v) is 14.4. The zero-order valence-electron chi connectivity index (χ0n) is 12.8. The summed E-state index contributed by atoms with van der Waals surface area (Å²) < 4.78 is 20.2. The maximum Gasteiger partial charge on any atom is 0.236 e. The molecule has 2 N–H and O–H groups in total. The van der Waals surface area contributed by atoms with Crippen LogP contribution >= 0.6 is 23.1 Å². The number of oxazole rings is 1. The molecule has 4 rings (SSSR count). The third-order valence-corrected chi connectivity index (χ3v) is 5.21. The van der Waals surface area contributed by atoms with Crippen LogP contribution in [0, 0.1) is 5.82 Å². The number of halogens is 1. The second-order valence-corrected chi connectivity index (χ2v) is 6.99. The summed E-state index contributed by atoms with van der Waals surface area (Å²) in [6.45, 7) is 0. The van der Waals surface area contributed by atoms with E-state index >= 15 is 0 Å². The summed E-state index contributed by atoms with van der Waals surface area (Å²) in [5.74, 6) is 7.23. The summed E-state index contributed by atoms with van der Waals surface area (Å²) >= 11 is 2.95. The monoisotopic (exact) mass is 373 g/mol. The van der Waals surface area contributed by atoms with E-state index < -0.39 is 0 Å². The molecule has 25 heavy (non-hydrogen) atoms. The number of thiophene rings is 1. The number of nitrogens with zero attached hydrogens (tertiary/aromatic N) is 4. The summed E-state index contributed by atoms with van der Waals surface area (Å²) in [6, 6.07) is 9.97. The Morgan fingerprint density at radius 1 is 1.24 bits per heavy atom. The molecule has 0 fully saturated rings. The van der Waals surface area contributed by atoms with Gasteiger partial charge < -0.3 is 10.3 Å². The SMILES string of the molecule is Nn1c(SCc2coc(-c3cccs3)n2)nnc1-c1cccc(F)c1. The van der Waals surface area contributed by atoms with E-state index in [2.05, 4.69) is 15.2 Å². The Morgan fingerprint density at radius 3 is 2.96 bits per heavy atom. The molecule has 0 saturated carbocycles.